The second-order valence-electron chi connectivity index (χ2n) is 9.38. The van der Waals surface area contributed by atoms with Gasteiger partial charge in [-0.3, -0.25) is 4.90 Å². The molecule has 1 saturated heterocycles. The molecule has 2 aliphatic rings. The van der Waals surface area contributed by atoms with E-state index in [9.17, 15) is 4.79 Å². The molecular formula is C28H33N5O. The first-order valence-electron chi connectivity index (χ1n) is 12.2. The van der Waals surface area contributed by atoms with Crippen molar-refractivity contribution >= 4 is 11.8 Å². The highest BCUT2D eigenvalue weighted by Gasteiger charge is 2.21. The predicted octanol–water partition coefficient (Wildman–Crippen LogP) is 3.98. The van der Waals surface area contributed by atoms with Crippen LogP contribution in [0, 0.1) is 6.92 Å². The Morgan fingerprint density at radius 1 is 0.912 bits per heavy atom. The quantitative estimate of drug-likeness (QED) is 0.632. The third-order valence-electron chi connectivity index (χ3n) is 6.86. The number of urea groups is 1. The Morgan fingerprint density at radius 2 is 1.74 bits per heavy atom. The van der Waals surface area contributed by atoms with Gasteiger partial charge >= 0.3 is 6.03 Å². The molecular weight excluding hydrogens is 422 g/mol. The first-order valence-corrected chi connectivity index (χ1v) is 12.2. The van der Waals surface area contributed by atoms with Crippen molar-refractivity contribution in [3.8, 4) is 0 Å². The van der Waals surface area contributed by atoms with Crippen LogP contribution in [0.3, 0.4) is 0 Å². The van der Waals surface area contributed by atoms with Gasteiger partial charge in [-0.05, 0) is 41.7 Å². The number of carbonyl (C=O) groups excluding carboxylic acids is 1. The molecule has 0 spiro atoms. The number of aryl methyl sites for hydroxylation is 1. The summed E-state index contributed by atoms with van der Waals surface area (Å²) in [4.78, 5) is 24.0. The Hall–Kier alpha value is -3.38. The number of aromatic nitrogens is 1. The Kier molecular flexibility index (Phi) is 6.77. The van der Waals surface area contributed by atoms with E-state index in [0.717, 1.165) is 63.6 Å². The summed E-state index contributed by atoms with van der Waals surface area (Å²) in [7, 11) is 0. The lowest BCUT2D eigenvalue weighted by Gasteiger charge is -2.34. The maximum absolute atomic E-state index is 12.7. The molecule has 1 fully saturated rings. The van der Waals surface area contributed by atoms with Crippen molar-refractivity contribution in [1.29, 1.82) is 0 Å². The average Bonchev–Trinajstić information content (AvgIpc) is 2.88. The largest absolute Gasteiger partial charge is 0.352 e. The molecule has 34 heavy (non-hydrogen) atoms. The molecule has 3 heterocycles. The van der Waals surface area contributed by atoms with Crippen LogP contribution in [0.2, 0.25) is 0 Å². The fraction of sp³-hybridized carbons (Fsp3) is 0.357. The van der Waals surface area contributed by atoms with E-state index < -0.39 is 0 Å². The lowest BCUT2D eigenvalue weighted by molar-refractivity contribution is 0.135. The van der Waals surface area contributed by atoms with Crippen LogP contribution in [-0.2, 0) is 26.1 Å². The zero-order valence-corrected chi connectivity index (χ0v) is 19.9. The zero-order valence-electron chi connectivity index (χ0n) is 19.9. The van der Waals surface area contributed by atoms with Crippen molar-refractivity contribution in [1.82, 2.24) is 20.1 Å². The number of anilines is 1. The second-order valence-corrected chi connectivity index (χ2v) is 9.38. The molecule has 6 heteroatoms. The number of pyridine rings is 1. The van der Waals surface area contributed by atoms with Gasteiger partial charge in [-0.25, -0.2) is 9.78 Å². The molecule has 5 rings (SSSR count). The normalized spacial score (nSPS) is 16.3. The standard InChI is InChI=1S/C28H33N5O/c1-22-5-4-6-23(17-22)20-31-13-15-32(16-14-31)28(34)30-19-24-9-10-27(29-18-24)33-12-11-25-7-2-3-8-26(25)21-33/h2-10,17-18H,11-16,19-21H2,1H3,(H,30,34). The highest BCUT2D eigenvalue weighted by molar-refractivity contribution is 5.74. The number of amides is 2. The van der Waals surface area contributed by atoms with Gasteiger partial charge < -0.3 is 15.1 Å². The Labute approximate surface area is 202 Å². The number of nitrogens with one attached hydrogen (secondary N) is 1. The van der Waals surface area contributed by atoms with E-state index in [0.29, 0.717) is 6.54 Å². The maximum Gasteiger partial charge on any atom is 0.317 e. The van der Waals surface area contributed by atoms with Gasteiger partial charge in [0, 0.05) is 58.6 Å². The van der Waals surface area contributed by atoms with Crippen LogP contribution in [0.25, 0.3) is 0 Å². The molecule has 3 aromatic rings. The third-order valence-corrected chi connectivity index (χ3v) is 6.86. The fourth-order valence-corrected chi connectivity index (χ4v) is 4.87. The predicted molar refractivity (Wildman–Crippen MR) is 136 cm³/mol. The molecule has 6 nitrogen and oxygen atoms in total. The van der Waals surface area contributed by atoms with Crippen LogP contribution in [0.4, 0.5) is 10.6 Å². The zero-order chi connectivity index (χ0) is 23.3. The topological polar surface area (TPSA) is 51.7 Å². The molecule has 0 aliphatic carbocycles. The minimum absolute atomic E-state index is 0.00641. The SMILES string of the molecule is Cc1cccc(CN2CCN(C(=O)NCc3ccc(N4CCc5ccccc5C4)nc3)CC2)c1. The van der Waals surface area contributed by atoms with E-state index >= 15 is 0 Å². The summed E-state index contributed by atoms with van der Waals surface area (Å²) in [5.41, 5.74) is 6.47. The van der Waals surface area contributed by atoms with Gasteiger partial charge in [0.2, 0.25) is 0 Å². The van der Waals surface area contributed by atoms with Crippen LogP contribution in [0.5, 0.6) is 0 Å². The van der Waals surface area contributed by atoms with Crippen LogP contribution >= 0.6 is 0 Å². The number of hydrogen-bond donors (Lipinski definition) is 1. The van der Waals surface area contributed by atoms with Gasteiger partial charge in [-0.15, -0.1) is 0 Å². The fourth-order valence-electron chi connectivity index (χ4n) is 4.87. The number of fused-ring (bicyclic) bond motifs is 1. The molecule has 176 valence electrons. The van der Waals surface area contributed by atoms with Crippen molar-refractivity contribution < 1.29 is 4.79 Å². The number of nitrogens with zero attached hydrogens (tertiary/aromatic N) is 4. The van der Waals surface area contributed by atoms with Crippen molar-refractivity contribution in [2.75, 3.05) is 37.6 Å². The molecule has 0 unspecified atom stereocenters. The monoisotopic (exact) mass is 455 g/mol. The number of rotatable bonds is 5. The van der Waals surface area contributed by atoms with Gasteiger partial charge in [-0.2, -0.15) is 0 Å². The van der Waals surface area contributed by atoms with Crippen LogP contribution in [-0.4, -0.2) is 53.5 Å². The number of piperazine rings is 1. The molecule has 0 radical (unpaired) electrons. The lowest BCUT2D eigenvalue weighted by Crippen LogP contribution is -2.51. The highest BCUT2D eigenvalue weighted by atomic mass is 16.2. The molecule has 0 saturated carbocycles. The smallest absolute Gasteiger partial charge is 0.317 e. The van der Waals surface area contributed by atoms with E-state index in [1.807, 2.05) is 11.1 Å². The third kappa shape index (κ3) is 5.39. The molecule has 0 bridgehead atoms. The van der Waals surface area contributed by atoms with Crippen molar-refractivity contribution in [3.63, 3.8) is 0 Å². The average molecular weight is 456 g/mol. The summed E-state index contributed by atoms with van der Waals surface area (Å²) in [5, 5.41) is 3.07. The van der Waals surface area contributed by atoms with Crippen molar-refractivity contribution in [2.45, 2.75) is 33.0 Å². The highest BCUT2D eigenvalue weighted by Crippen LogP contribution is 2.23. The van der Waals surface area contributed by atoms with Gasteiger partial charge in [0.1, 0.15) is 5.82 Å². The van der Waals surface area contributed by atoms with E-state index in [-0.39, 0.29) is 6.03 Å². The van der Waals surface area contributed by atoms with Crippen molar-refractivity contribution in [3.05, 3.63) is 94.7 Å². The summed E-state index contributed by atoms with van der Waals surface area (Å²) in [6.07, 6.45) is 2.93. The van der Waals surface area contributed by atoms with Gasteiger partial charge in [0.05, 0.1) is 0 Å². The van der Waals surface area contributed by atoms with Gasteiger partial charge in [0.15, 0.2) is 0 Å². The maximum atomic E-state index is 12.7. The minimum atomic E-state index is 0.00641. The van der Waals surface area contributed by atoms with E-state index in [1.54, 1.807) is 0 Å². The van der Waals surface area contributed by atoms with Crippen molar-refractivity contribution in [2.24, 2.45) is 0 Å². The minimum Gasteiger partial charge on any atom is -0.352 e. The molecule has 1 aromatic heterocycles. The second kappa shape index (κ2) is 10.3. The Bertz CT molecular complexity index is 1120. The van der Waals surface area contributed by atoms with Gasteiger partial charge in [0.25, 0.3) is 0 Å². The van der Waals surface area contributed by atoms with Crippen LogP contribution in [0.1, 0.15) is 27.8 Å². The van der Waals surface area contributed by atoms with Crippen LogP contribution in [0.15, 0.2) is 66.9 Å². The summed E-state index contributed by atoms with van der Waals surface area (Å²) in [5.74, 6) is 0.995. The lowest BCUT2D eigenvalue weighted by atomic mass is 10.00. The molecule has 2 aliphatic heterocycles. The summed E-state index contributed by atoms with van der Waals surface area (Å²) >= 11 is 0. The van der Waals surface area contributed by atoms with Crippen LogP contribution < -0.4 is 10.2 Å². The summed E-state index contributed by atoms with van der Waals surface area (Å²) in [6.45, 7) is 8.76. The van der Waals surface area contributed by atoms with E-state index in [4.69, 9.17) is 0 Å². The first kappa shape index (κ1) is 22.4. The molecule has 0 atom stereocenters. The summed E-state index contributed by atoms with van der Waals surface area (Å²) < 4.78 is 0. The Balaban J connectivity index is 1.07. The first-order chi connectivity index (χ1) is 16.6. The van der Waals surface area contributed by atoms with Gasteiger partial charge in [-0.1, -0.05) is 60.2 Å². The number of carbonyl (C=O) groups is 1. The molecule has 2 amide bonds. The van der Waals surface area contributed by atoms with E-state index in [2.05, 4.69) is 87.7 Å². The Morgan fingerprint density at radius 3 is 2.50 bits per heavy atom. The molecule has 1 N–H and O–H groups in total. The number of benzene rings is 2. The number of hydrogen-bond acceptors (Lipinski definition) is 4. The summed E-state index contributed by atoms with van der Waals surface area (Å²) in [6, 6.07) is 21.4. The molecule has 2 aromatic carbocycles. The van der Waals surface area contributed by atoms with E-state index in [1.165, 1.54) is 22.3 Å².